The van der Waals surface area contributed by atoms with Gasteiger partial charge in [-0.1, -0.05) is 12.1 Å². The highest BCUT2D eigenvalue weighted by Crippen LogP contribution is 2.13. The van der Waals surface area contributed by atoms with E-state index in [2.05, 4.69) is 5.32 Å². The zero-order chi connectivity index (χ0) is 14.0. The summed E-state index contributed by atoms with van der Waals surface area (Å²) in [5.41, 5.74) is 7.00. The molecule has 100 valence electrons. The minimum atomic E-state index is -1.23. The largest absolute Gasteiger partial charge is 0.480 e. The average molecular weight is 263 g/mol. The molecular formula is C12H13N3O4. The van der Waals surface area contributed by atoms with Gasteiger partial charge in [-0.05, 0) is 17.7 Å². The van der Waals surface area contributed by atoms with Crippen LogP contribution in [0.2, 0.25) is 0 Å². The number of hydrogen-bond acceptors (Lipinski definition) is 4. The number of rotatable bonds is 4. The number of aliphatic carboxylic acids is 1. The molecule has 4 N–H and O–H groups in total. The molecule has 3 amide bonds. The summed E-state index contributed by atoms with van der Waals surface area (Å²) in [6.07, 6.45) is 0.307. The first-order valence-electron chi connectivity index (χ1n) is 5.65. The van der Waals surface area contributed by atoms with Gasteiger partial charge in [-0.2, -0.15) is 0 Å². The SMILES string of the molecule is Nc1ccc(CC2NC(=O)N(CC(=O)O)C2=O)cc1. The predicted octanol–water partition coefficient (Wildman–Crippen LogP) is -0.184. The van der Waals surface area contributed by atoms with Gasteiger partial charge < -0.3 is 16.2 Å². The Morgan fingerprint density at radius 1 is 1.32 bits per heavy atom. The summed E-state index contributed by atoms with van der Waals surface area (Å²) in [5, 5.41) is 11.1. The molecule has 0 aromatic heterocycles. The number of carbonyl (C=O) groups excluding carboxylic acids is 2. The number of amides is 3. The van der Waals surface area contributed by atoms with Crippen molar-refractivity contribution in [3.63, 3.8) is 0 Å². The van der Waals surface area contributed by atoms with Gasteiger partial charge in [0.25, 0.3) is 5.91 Å². The number of carboxylic acids is 1. The zero-order valence-corrected chi connectivity index (χ0v) is 10.00. The van der Waals surface area contributed by atoms with E-state index in [0.717, 1.165) is 5.56 Å². The lowest BCUT2D eigenvalue weighted by atomic mass is 10.1. The number of nitrogens with zero attached hydrogens (tertiary/aromatic N) is 1. The van der Waals surface area contributed by atoms with E-state index in [0.29, 0.717) is 17.0 Å². The second-order valence-corrected chi connectivity index (χ2v) is 4.27. The van der Waals surface area contributed by atoms with Crippen molar-refractivity contribution in [1.29, 1.82) is 0 Å². The van der Waals surface area contributed by atoms with Crippen molar-refractivity contribution in [2.45, 2.75) is 12.5 Å². The van der Waals surface area contributed by atoms with Crippen LogP contribution < -0.4 is 11.1 Å². The molecule has 1 aliphatic rings. The number of nitrogen functional groups attached to an aromatic ring is 1. The van der Waals surface area contributed by atoms with Crippen LogP contribution in [0.15, 0.2) is 24.3 Å². The van der Waals surface area contributed by atoms with Gasteiger partial charge >= 0.3 is 12.0 Å². The van der Waals surface area contributed by atoms with Crippen molar-refractivity contribution in [3.8, 4) is 0 Å². The van der Waals surface area contributed by atoms with Crippen LogP contribution in [0.3, 0.4) is 0 Å². The Balaban J connectivity index is 2.06. The Morgan fingerprint density at radius 2 is 1.95 bits per heavy atom. The summed E-state index contributed by atoms with van der Waals surface area (Å²) in [5.74, 6) is -1.75. The van der Waals surface area contributed by atoms with Crippen LogP contribution in [0.5, 0.6) is 0 Å². The van der Waals surface area contributed by atoms with E-state index >= 15 is 0 Å². The number of nitrogens with two attached hydrogens (primary N) is 1. The maximum Gasteiger partial charge on any atom is 0.325 e. The van der Waals surface area contributed by atoms with E-state index in [1.165, 1.54) is 0 Å². The molecule has 0 bridgehead atoms. The Kier molecular flexibility index (Phi) is 3.37. The highest BCUT2D eigenvalue weighted by molar-refractivity contribution is 6.06. The van der Waals surface area contributed by atoms with Crippen LogP contribution in [0.25, 0.3) is 0 Å². The van der Waals surface area contributed by atoms with Gasteiger partial charge in [0.1, 0.15) is 12.6 Å². The Hall–Kier alpha value is -2.57. The Bertz CT molecular complexity index is 526. The summed E-state index contributed by atoms with van der Waals surface area (Å²) >= 11 is 0. The van der Waals surface area contributed by atoms with Crippen molar-refractivity contribution < 1.29 is 19.5 Å². The van der Waals surface area contributed by atoms with Crippen LogP contribution in [0.4, 0.5) is 10.5 Å². The number of hydrogen-bond donors (Lipinski definition) is 3. The number of carboxylic acid groups (broad SMARTS) is 1. The standard InChI is InChI=1S/C12H13N3O4/c13-8-3-1-7(2-4-8)5-9-11(18)15(6-10(16)17)12(19)14-9/h1-4,9H,5-6,13H2,(H,14,19)(H,16,17). The van der Waals surface area contributed by atoms with Crippen LogP contribution in [0, 0.1) is 0 Å². The molecule has 7 nitrogen and oxygen atoms in total. The average Bonchev–Trinajstić information content (AvgIpc) is 2.60. The summed E-state index contributed by atoms with van der Waals surface area (Å²) in [6.45, 7) is -0.622. The van der Waals surface area contributed by atoms with Crippen LogP contribution in [0.1, 0.15) is 5.56 Å². The lowest BCUT2D eigenvalue weighted by Gasteiger charge is -2.10. The van der Waals surface area contributed by atoms with Crippen LogP contribution in [-0.2, 0) is 16.0 Å². The van der Waals surface area contributed by atoms with Crippen LogP contribution in [-0.4, -0.2) is 40.5 Å². The quantitative estimate of drug-likeness (QED) is 0.515. The van der Waals surface area contributed by atoms with Crippen molar-refractivity contribution in [3.05, 3.63) is 29.8 Å². The van der Waals surface area contributed by atoms with E-state index in [-0.39, 0.29) is 0 Å². The maximum atomic E-state index is 11.9. The monoisotopic (exact) mass is 263 g/mol. The number of anilines is 1. The van der Waals surface area contributed by atoms with E-state index in [1.54, 1.807) is 24.3 Å². The first-order valence-corrected chi connectivity index (χ1v) is 5.65. The Labute approximate surface area is 109 Å². The normalized spacial score (nSPS) is 18.5. The highest BCUT2D eigenvalue weighted by atomic mass is 16.4. The van der Waals surface area contributed by atoms with Gasteiger partial charge in [-0.15, -0.1) is 0 Å². The molecule has 0 radical (unpaired) electrons. The maximum absolute atomic E-state index is 11.9. The second-order valence-electron chi connectivity index (χ2n) is 4.27. The number of nitrogens with one attached hydrogen (secondary N) is 1. The van der Waals surface area contributed by atoms with E-state index in [9.17, 15) is 14.4 Å². The van der Waals surface area contributed by atoms with Gasteiger partial charge in [0.2, 0.25) is 0 Å². The van der Waals surface area contributed by atoms with Crippen molar-refractivity contribution in [2.75, 3.05) is 12.3 Å². The lowest BCUT2D eigenvalue weighted by molar-refractivity contribution is -0.141. The topological polar surface area (TPSA) is 113 Å². The van der Waals surface area contributed by atoms with Gasteiger partial charge in [0, 0.05) is 12.1 Å². The minimum absolute atomic E-state index is 0.307. The smallest absolute Gasteiger partial charge is 0.325 e. The molecule has 0 aliphatic carbocycles. The molecule has 1 heterocycles. The highest BCUT2D eigenvalue weighted by Gasteiger charge is 2.38. The molecule has 1 unspecified atom stereocenters. The van der Waals surface area contributed by atoms with Crippen molar-refractivity contribution >= 4 is 23.6 Å². The molecule has 19 heavy (non-hydrogen) atoms. The van der Waals surface area contributed by atoms with Crippen molar-refractivity contribution in [1.82, 2.24) is 10.2 Å². The third-order valence-electron chi connectivity index (χ3n) is 2.82. The second kappa shape index (κ2) is 4.97. The molecule has 1 aromatic carbocycles. The number of imide groups is 1. The van der Waals surface area contributed by atoms with Gasteiger partial charge in [-0.3, -0.25) is 14.5 Å². The van der Waals surface area contributed by atoms with Gasteiger partial charge in [0.15, 0.2) is 0 Å². The summed E-state index contributed by atoms with van der Waals surface area (Å²) in [6, 6.07) is 5.52. The van der Waals surface area contributed by atoms with Gasteiger partial charge in [-0.25, -0.2) is 4.79 Å². The molecule has 7 heteroatoms. The Morgan fingerprint density at radius 3 is 2.53 bits per heavy atom. The molecule has 1 atom stereocenters. The fourth-order valence-corrected chi connectivity index (χ4v) is 1.89. The molecule has 1 saturated heterocycles. The molecule has 1 aliphatic heterocycles. The lowest BCUT2D eigenvalue weighted by Crippen LogP contribution is -2.36. The summed E-state index contributed by atoms with van der Waals surface area (Å²) in [4.78, 5) is 34.6. The first kappa shape index (κ1) is 12.9. The first-order chi connectivity index (χ1) is 8.97. The van der Waals surface area contributed by atoms with E-state index in [1.807, 2.05) is 0 Å². The predicted molar refractivity (Wildman–Crippen MR) is 66.2 cm³/mol. The molecule has 0 spiro atoms. The van der Waals surface area contributed by atoms with E-state index < -0.39 is 30.5 Å². The molecule has 1 aromatic rings. The molecule has 0 saturated carbocycles. The van der Waals surface area contributed by atoms with Crippen molar-refractivity contribution in [2.24, 2.45) is 0 Å². The summed E-state index contributed by atoms with van der Waals surface area (Å²) < 4.78 is 0. The fraction of sp³-hybridized carbons (Fsp3) is 0.250. The van der Waals surface area contributed by atoms with E-state index in [4.69, 9.17) is 10.8 Å². The third kappa shape index (κ3) is 2.82. The zero-order valence-electron chi connectivity index (χ0n) is 10.00. The number of urea groups is 1. The molecule has 1 fully saturated rings. The third-order valence-corrected chi connectivity index (χ3v) is 2.82. The fourth-order valence-electron chi connectivity index (χ4n) is 1.89. The molecule has 2 rings (SSSR count). The number of benzene rings is 1. The van der Waals surface area contributed by atoms with Crippen LogP contribution >= 0.6 is 0 Å². The van der Waals surface area contributed by atoms with Gasteiger partial charge in [0.05, 0.1) is 0 Å². The minimum Gasteiger partial charge on any atom is -0.480 e. The molecular weight excluding hydrogens is 250 g/mol. The number of carbonyl (C=O) groups is 3. The summed E-state index contributed by atoms with van der Waals surface area (Å²) in [7, 11) is 0.